The molecule has 4 atom stereocenters. The van der Waals surface area contributed by atoms with E-state index in [1.807, 2.05) is 6.92 Å². The fraction of sp³-hybridized carbons (Fsp3) is 0.917. The molecule has 0 aliphatic heterocycles. The molecule has 0 aromatic heterocycles. The van der Waals surface area contributed by atoms with Gasteiger partial charge in [-0.05, 0) is 31.1 Å². The molecule has 14 heavy (non-hydrogen) atoms. The van der Waals surface area contributed by atoms with E-state index in [1.165, 1.54) is 0 Å². The Morgan fingerprint density at radius 1 is 1.50 bits per heavy atom. The zero-order chi connectivity index (χ0) is 10.5. The van der Waals surface area contributed by atoms with Crippen LogP contribution in [0.1, 0.15) is 40.0 Å². The van der Waals surface area contributed by atoms with Gasteiger partial charge in [-0.25, -0.2) is 0 Å². The summed E-state index contributed by atoms with van der Waals surface area (Å²) in [4.78, 5) is 12.1. The molecule has 0 saturated heterocycles. The molecule has 0 heterocycles. The summed E-state index contributed by atoms with van der Waals surface area (Å²) >= 11 is 0. The maximum Gasteiger partial charge on any atom is 0.144 e. The fourth-order valence-corrected chi connectivity index (χ4v) is 3.32. The van der Waals surface area contributed by atoms with Crippen LogP contribution in [0.4, 0.5) is 0 Å². The highest BCUT2D eigenvalue weighted by molar-refractivity contribution is 5.90. The molecular weight excluding hydrogens is 176 g/mol. The van der Waals surface area contributed by atoms with Gasteiger partial charge in [-0.2, -0.15) is 0 Å². The second kappa shape index (κ2) is 3.06. The number of aliphatic hydroxyl groups excluding tert-OH is 1. The molecule has 1 N–H and O–H groups in total. The van der Waals surface area contributed by atoms with Gasteiger partial charge in [-0.1, -0.05) is 20.8 Å². The van der Waals surface area contributed by atoms with E-state index in [4.69, 9.17) is 0 Å². The van der Waals surface area contributed by atoms with Crippen molar-refractivity contribution < 1.29 is 9.90 Å². The molecule has 1 unspecified atom stereocenters. The first kappa shape index (κ1) is 10.2. The van der Waals surface area contributed by atoms with E-state index in [-0.39, 0.29) is 12.0 Å². The Morgan fingerprint density at radius 3 is 2.71 bits per heavy atom. The quantitative estimate of drug-likeness (QED) is 0.696. The number of Topliss-reactive ketones (excluding diaryl/α,β-unsaturated/α-hetero) is 1. The number of rotatable bonds is 1. The molecule has 2 nitrogen and oxygen atoms in total. The number of hydrogen-bond acceptors (Lipinski definition) is 2. The molecule has 2 bridgehead atoms. The zero-order valence-electron chi connectivity index (χ0n) is 9.29. The number of carbonyl (C=O) groups excluding carboxylic acids is 1. The Labute approximate surface area is 85.7 Å². The van der Waals surface area contributed by atoms with Crippen molar-refractivity contribution >= 4 is 5.78 Å². The van der Waals surface area contributed by atoms with Gasteiger partial charge in [0.05, 0.1) is 11.5 Å². The van der Waals surface area contributed by atoms with Crippen LogP contribution >= 0.6 is 0 Å². The van der Waals surface area contributed by atoms with Crippen LogP contribution in [-0.4, -0.2) is 17.0 Å². The second-order valence-corrected chi connectivity index (χ2v) is 5.59. The summed E-state index contributed by atoms with van der Waals surface area (Å²) in [5.74, 6) is 1.55. The Bertz CT molecular complexity index is 259. The lowest BCUT2D eigenvalue weighted by Crippen LogP contribution is -2.40. The maximum atomic E-state index is 12.1. The maximum absolute atomic E-state index is 12.1. The summed E-state index contributed by atoms with van der Waals surface area (Å²) in [5.41, 5.74) is -0.407. The van der Waals surface area contributed by atoms with Gasteiger partial charge in [0.25, 0.3) is 0 Å². The van der Waals surface area contributed by atoms with E-state index in [2.05, 4.69) is 13.8 Å². The third-order valence-electron chi connectivity index (χ3n) is 4.48. The normalized spacial score (nSPS) is 47.5. The van der Waals surface area contributed by atoms with Crippen LogP contribution < -0.4 is 0 Å². The molecule has 0 amide bonds. The second-order valence-electron chi connectivity index (χ2n) is 5.59. The molecule has 0 radical (unpaired) electrons. The van der Waals surface area contributed by atoms with Crippen LogP contribution in [0, 0.1) is 23.2 Å². The van der Waals surface area contributed by atoms with Gasteiger partial charge < -0.3 is 5.11 Å². The van der Waals surface area contributed by atoms with Crippen molar-refractivity contribution in [2.24, 2.45) is 23.2 Å². The van der Waals surface area contributed by atoms with Gasteiger partial charge in [0.15, 0.2) is 0 Å². The van der Waals surface area contributed by atoms with Crippen LogP contribution in [0.3, 0.4) is 0 Å². The highest BCUT2D eigenvalue weighted by Crippen LogP contribution is 2.52. The Balaban J connectivity index is 2.27. The third-order valence-corrected chi connectivity index (χ3v) is 4.48. The van der Waals surface area contributed by atoms with E-state index >= 15 is 0 Å². The number of hydrogen-bond donors (Lipinski definition) is 1. The van der Waals surface area contributed by atoms with E-state index in [9.17, 15) is 9.90 Å². The molecule has 2 aliphatic rings. The zero-order valence-corrected chi connectivity index (χ0v) is 9.29. The van der Waals surface area contributed by atoms with Crippen LogP contribution in [0.25, 0.3) is 0 Å². The van der Waals surface area contributed by atoms with E-state index in [1.54, 1.807) is 0 Å². The first-order valence-corrected chi connectivity index (χ1v) is 5.69. The number of fused-ring (bicyclic) bond motifs is 2. The Kier molecular flexibility index (Phi) is 2.22. The van der Waals surface area contributed by atoms with Gasteiger partial charge in [-0.3, -0.25) is 4.79 Å². The Hall–Kier alpha value is -0.370. The first-order chi connectivity index (χ1) is 6.47. The van der Waals surface area contributed by atoms with Crippen molar-refractivity contribution in [2.45, 2.75) is 46.1 Å². The highest BCUT2D eigenvalue weighted by Gasteiger charge is 2.56. The van der Waals surface area contributed by atoms with Crippen LogP contribution in [0.5, 0.6) is 0 Å². The van der Waals surface area contributed by atoms with Crippen molar-refractivity contribution in [3.63, 3.8) is 0 Å². The summed E-state index contributed by atoms with van der Waals surface area (Å²) in [6.45, 7) is 6.31. The lowest BCUT2D eigenvalue weighted by molar-refractivity contribution is -0.136. The van der Waals surface area contributed by atoms with Crippen molar-refractivity contribution in [1.82, 2.24) is 0 Å². The first-order valence-electron chi connectivity index (χ1n) is 5.69. The van der Waals surface area contributed by atoms with Gasteiger partial charge >= 0.3 is 0 Å². The van der Waals surface area contributed by atoms with Gasteiger partial charge in [0, 0.05) is 5.92 Å². The lowest BCUT2D eigenvalue weighted by Gasteiger charge is -2.35. The van der Waals surface area contributed by atoms with Gasteiger partial charge in [0.2, 0.25) is 0 Å². The van der Waals surface area contributed by atoms with Crippen LogP contribution in [-0.2, 0) is 4.79 Å². The minimum Gasteiger partial charge on any atom is -0.392 e. The smallest absolute Gasteiger partial charge is 0.144 e. The minimum atomic E-state index is -0.407. The van der Waals surface area contributed by atoms with Crippen molar-refractivity contribution in [3.8, 4) is 0 Å². The molecule has 0 spiro atoms. The van der Waals surface area contributed by atoms with E-state index in [0.717, 1.165) is 12.8 Å². The summed E-state index contributed by atoms with van der Waals surface area (Å²) in [5, 5.41) is 9.91. The van der Waals surface area contributed by atoms with Crippen molar-refractivity contribution in [3.05, 3.63) is 0 Å². The molecule has 2 rings (SSSR count). The third kappa shape index (κ3) is 1.16. The predicted molar refractivity (Wildman–Crippen MR) is 54.8 cm³/mol. The topological polar surface area (TPSA) is 37.3 Å². The predicted octanol–water partition coefficient (Wildman–Crippen LogP) is 2.01. The molecular formula is C12H20O2. The number of aliphatic hydroxyl groups is 1. The average Bonchev–Trinajstić information content (AvgIpc) is 2.28. The van der Waals surface area contributed by atoms with Crippen LogP contribution in [0.2, 0.25) is 0 Å². The van der Waals surface area contributed by atoms with Gasteiger partial charge in [0.1, 0.15) is 5.78 Å². The van der Waals surface area contributed by atoms with Crippen molar-refractivity contribution in [2.75, 3.05) is 0 Å². The largest absolute Gasteiger partial charge is 0.392 e. The molecule has 2 saturated carbocycles. The summed E-state index contributed by atoms with van der Waals surface area (Å²) in [6, 6.07) is 0. The Morgan fingerprint density at radius 2 is 2.14 bits per heavy atom. The molecule has 2 fully saturated rings. The lowest BCUT2D eigenvalue weighted by atomic mass is 9.68. The molecule has 0 aromatic carbocycles. The van der Waals surface area contributed by atoms with E-state index in [0.29, 0.717) is 24.0 Å². The van der Waals surface area contributed by atoms with Gasteiger partial charge in [-0.15, -0.1) is 0 Å². The summed E-state index contributed by atoms with van der Waals surface area (Å²) < 4.78 is 0. The van der Waals surface area contributed by atoms with Crippen LogP contribution in [0.15, 0.2) is 0 Å². The molecule has 2 aliphatic carbocycles. The fourth-order valence-electron chi connectivity index (χ4n) is 3.32. The average molecular weight is 196 g/mol. The summed E-state index contributed by atoms with van der Waals surface area (Å²) in [6.07, 6.45) is 2.32. The number of carbonyl (C=O) groups is 1. The number of ketones is 1. The molecule has 2 heteroatoms. The monoisotopic (exact) mass is 196 g/mol. The standard InChI is InChI=1S/C12H20O2/c1-7(2)8-4-5-12(3)10(13)6-9(8)11(12)14/h7-10,13H,4-6H2,1-3H3/t8-,9+,10?,12+/m1/s1. The highest BCUT2D eigenvalue weighted by atomic mass is 16.3. The van der Waals surface area contributed by atoms with Crippen molar-refractivity contribution in [1.29, 1.82) is 0 Å². The SMILES string of the molecule is CC(C)[C@H]1CC[C@]2(C)C(=O)[C@H]1CC2O. The molecule has 80 valence electrons. The minimum absolute atomic E-state index is 0.142. The van der Waals surface area contributed by atoms with E-state index < -0.39 is 5.41 Å². The summed E-state index contributed by atoms with van der Waals surface area (Å²) in [7, 11) is 0. The molecule has 0 aromatic rings.